The number of hydrogen-bond acceptors (Lipinski definition) is 5. The molecule has 0 spiro atoms. The van der Waals surface area contributed by atoms with Gasteiger partial charge in [0.25, 0.3) is 0 Å². The van der Waals surface area contributed by atoms with Crippen molar-refractivity contribution in [1.29, 1.82) is 0 Å². The number of aromatic amines is 1. The largest absolute Gasteiger partial charge is 0.356 e. The molecule has 2 aromatic heterocycles. The number of rotatable bonds is 6. The maximum absolute atomic E-state index is 13.1. The number of nitrogens with zero attached hydrogens (tertiary/aromatic N) is 3. The Morgan fingerprint density at radius 1 is 1.30 bits per heavy atom. The van der Waals surface area contributed by atoms with E-state index in [0.717, 1.165) is 29.7 Å². The van der Waals surface area contributed by atoms with Crippen LogP contribution in [0.5, 0.6) is 0 Å². The fourth-order valence-electron chi connectivity index (χ4n) is 4.71. The standard InChI is InChI=1S/C18H24F2N4O2S/c1-17(8-18(19,20)9-17)10-27(25,26)7-12-5-13(6-12)24(2)16-14-3-4-21-15(14)22-11-23-16/h3-4,11-13H,5-10H2,1-2H3,(H,21,22,23). The van der Waals surface area contributed by atoms with Crippen LogP contribution in [0.2, 0.25) is 0 Å². The maximum Gasteiger partial charge on any atom is 0.249 e. The van der Waals surface area contributed by atoms with Crippen molar-refractivity contribution in [2.24, 2.45) is 11.3 Å². The Bertz CT molecular complexity index is 945. The number of hydrogen-bond donors (Lipinski definition) is 1. The molecule has 2 aromatic rings. The van der Waals surface area contributed by atoms with Gasteiger partial charge in [-0.1, -0.05) is 6.92 Å². The van der Waals surface area contributed by atoms with Gasteiger partial charge in [0.2, 0.25) is 5.92 Å². The first kappa shape index (κ1) is 18.6. The zero-order valence-electron chi connectivity index (χ0n) is 15.5. The minimum atomic E-state index is -3.33. The molecule has 2 heterocycles. The SMILES string of the molecule is CN(c1ncnc2[nH]ccc12)C1CC(CS(=O)(=O)CC2(C)CC(F)(F)C2)C1. The van der Waals surface area contributed by atoms with Gasteiger partial charge < -0.3 is 9.88 Å². The molecule has 0 unspecified atom stereocenters. The van der Waals surface area contributed by atoms with Crippen LogP contribution in [0.1, 0.15) is 32.6 Å². The van der Waals surface area contributed by atoms with Crippen molar-refractivity contribution in [2.75, 3.05) is 23.5 Å². The van der Waals surface area contributed by atoms with Crippen molar-refractivity contribution in [1.82, 2.24) is 15.0 Å². The van der Waals surface area contributed by atoms with Crippen molar-refractivity contribution < 1.29 is 17.2 Å². The van der Waals surface area contributed by atoms with E-state index in [9.17, 15) is 17.2 Å². The Balaban J connectivity index is 1.33. The molecule has 0 saturated heterocycles. The molecule has 0 aromatic carbocycles. The van der Waals surface area contributed by atoms with Crippen LogP contribution in [0.4, 0.5) is 14.6 Å². The molecule has 0 aliphatic heterocycles. The highest BCUT2D eigenvalue weighted by Crippen LogP contribution is 2.52. The van der Waals surface area contributed by atoms with Gasteiger partial charge in [-0.3, -0.25) is 0 Å². The molecule has 2 fully saturated rings. The van der Waals surface area contributed by atoms with Crippen molar-refractivity contribution in [3.8, 4) is 0 Å². The molecule has 0 radical (unpaired) electrons. The second-order valence-corrected chi connectivity index (χ2v) is 10.7. The number of anilines is 1. The van der Waals surface area contributed by atoms with Crippen molar-refractivity contribution in [3.05, 3.63) is 18.6 Å². The van der Waals surface area contributed by atoms with Gasteiger partial charge in [-0.15, -0.1) is 0 Å². The summed E-state index contributed by atoms with van der Waals surface area (Å²) < 4.78 is 51.2. The van der Waals surface area contributed by atoms with Gasteiger partial charge in [0.15, 0.2) is 9.84 Å². The van der Waals surface area contributed by atoms with Gasteiger partial charge in [0.1, 0.15) is 17.8 Å². The number of alkyl halides is 2. The van der Waals surface area contributed by atoms with Gasteiger partial charge in [0, 0.05) is 32.1 Å². The minimum absolute atomic E-state index is 0.0789. The molecule has 0 bridgehead atoms. The molecule has 27 heavy (non-hydrogen) atoms. The summed E-state index contributed by atoms with van der Waals surface area (Å²) in [4.78, 5) is 13.7. The third-order valence-corrected chi connectivity index (χ3v) is 7.97. The average molecular weight is 398 g/mol. The van der Waals surface area contributed by atoms with Crippen LogP contribution in [-0.4, -0.2) is 53.9 Å². The first-order valence-electron chi connectivity index (χ1n) is 9.15. The smallest absolute Gasteiger partial charge is 0.249 e. The third-order valence-electron chi connectivity index (χ3n) is 5.85. The van der Waals surface area contributed by atoms with Crippen LogP contribution in [0.15, 0.2) is 18.6 Å². The van der Waals surface area contributed by atoms with E-state index in [-0.39, 0.29) is 36.3 Å². The van der Waals surface area contributed by atoms with Gasteiger partial charge in [-0.05, 0) is 30.2 Å². The Morgan fingerprint density at radius 3 is 2.67 bits per heavy atom. The summed E-state index contributed by atoms with van der Waals surface area (Å²) in [6.45, 7) is 1.65. The molecule has 0 amide bonds. The fourth-order valence-corrected chi connectivity index (χ4v) is 7.09. The lowest BCUT2D eigenvalue weighted by Crippen LogP contribution is -2.50. The Morgan fingerprint density at radius 2 is 2.00 bits per heavy atom. The van der Waals surface area contributed by atoms with Gasteiger partial charge in [0.05, 0.1) is 16.9 Å². The molecule has 0 atom stereocenters. The first-order valence-corrected chi connectivity index (χ1v) is 11.0. The minimum Gasteiger partial charge on any atom is -0.356 e. The third kappa shape index (κ3) is 3.66. The molecule has 1 N–H and O–H groups in total. The van der Waals surface area contributed by atoms with Crippen LogP contribution in [0.25, 0.3) is 11.0 Å². The normalized spacial score (nSPS) is 26.4. The highest BCUT2D eigenvalue weighted by molar-refractivity contribution is 7.91. The second kappa shape index (κ2) is 6.12. The van der Waals surface area contributed by atoms with Gasteiger partial charge in [-0.2, -0.15) is 0 Å². The molecular formula is C18H24F2N4O2S. The lowest BCUT2D eigenvalue weighted by Gasteiger charge is -2.45. The molecular weight excluding hydrogens is 374 g/mol. The summed E-state index contributed by atoms with van der Waals surface area (Å²) in [6, 6.07) is 2.15. The van der Waals surface area contributed by atoms with Crippen LogP contribution < -0.4 is 4.90 Å². The van der Waals surface area contributed by atoms with Gasteiger partial charge >= 0.3 is 0 Å². The molecule has 2 aliphatic carbocycles. The van der Waals surface area contributed by atoms with E-state index >= 15 is 0 Å². The number of fused-ring (bicyclic) bond motifs is 1. The van der Waals surface area contributed by atoms with Crippen molar-refractivity contribution >= 4 is 26.7 Å². The van der Waals surface area contributed by atoms with E-state index in [1.165, 1.54) is 6.33 Å². The van der Waals surface area contributed by atoms with E-state index in [0.29, 0.717) is 0 Å². The lowest BCUT2D eigenvalue weighted by atomic mass is 9.69. The number of halogens is 2. The summed E-state index contributed by atoms with van der Waals surface area (Å²) in [5.74, 6) is -1.84. The fraction of sp³-hybridized carbons (Fsp3) is 0.667. The summed E-state index contributed by atoms with van der Waals surface area (Å²) in [6.07, 6.45) is 4.21. The highest BCUT2D eigenvalue weighted by Gasteiger charge is 2.55. The summed E-state index contributed by atoms with van der Waals surface area (Å²) in [5.41, 5.74) is -0.000751. The van der Waals surface area contributed by atoms with E-state index in [1.807, 2.05) is 19.3 Å². The van der Waals surface area contributed by atoms with E-state index in [4.69, 9.17) is 0 Å². The van der Waals surface area contributed by atoms with Crippen LogP contribution in [-0.2, 0) is 9.84 Å². The topological polar surface area (TPSA) is 79.0 Å². The van der Waals surface area contributed by atoms with E-state index < -0.39 is 21.2 Å². The number of nitrogens with one attached hydrogen (secondary N) is 1. The first-order chi connectivity index (χ1) is 12.6. The molecule has 9 heteroatoms. The Kier molecular flexibility index (Phi) is 4.21. The lowest BCUT2D eigenvalue weighted by molar-refractivity contribution is -0.144. The maximum atomic E-state index is 13.1. The molecule has 2 saturated carbocycles. The quantitative estimate of drug-likeness (QED) is 0.809. The Hall–Kier alpha value is -1.77. The zero-order valence-corrected chi connectivity index (χ0v) is 16.3. The second-order valence-electron chi connectivity index (χ2n) is 8.61. The summed E-state index contributed by atoms with van der Waals surface area (Å²) in [7, 11) is -1.37. The number of H-pyrrole nitrogens is 1. The Labute approximate surface area is 157 Å². The molecule has 6 nitrogen and oxygen atoms in total. The molecule has 148 valence electrons. The van der Waals surface area contributed by atoms with Crippen LogP contribution >= 0.6 is 0 Å². The van der Waals surface area contributed by atoms with E-state index in [2.05, 4.69) is 19.9 Å². The van der Waals surface area contributed by atoms with Crippen LogP contribution in [0.3, 0.4) is 0 Å². The van der Waals surface area contributed by atoms with Crippen LogP contribution in [0, 0.1) is 11.3 Å². The van der Waals surface area contributed by atoms with Crippen molar-refractivity contribution in [3.63, 3.8) is 0 Å². The predicted octanol–water partition coefficient (Wildman–Crippen LogP) is 3.02. The monoisotopic (exact) mass is 398 g/mol. The highest BCUT2D eigenvalue weighted by atomic mass is 32.2. The predicted molar refractivity (Wildman–Crippen MR) is 99.7 cm³/mol. The number of sulfone groups is 1. The van der Waals surface area contributed by atoms with Crippen molar-refractivity contribution in [2.45, 2.75) is 44.6 Å². The van der Waals surface area contributed by atoms with E-state index in [1.54, 1.807) is 6.92 Å². The van der Waals surface area contributed by atoms with Gasteiger partial charge in [-0.25, -0.2) is 27.2 Å². The number of aromatic nitrogens is 3. The zero-order chi connectivity index (χ0) is 19.4. The average Bonchev–Trinajstić information content (AvgIpc) is 2.95. The summed E-state index contributed by atoms with van der Waals surface area (Å²) >= 11 is 0. The molecule has 2 aliphatic rings. The summed E-state index contributed by atoms with van der Waals surface area (Å²) in [5, 5.41) is 0.940. The molecule has 4 rings (SSSR count).